The van der Waals surface area contributed by atoms with Crippen LogP contribution in [0.3, 0.4) is 0 Å². The Morgan fingerprint density at radius 1 is 1.32 bits per heavy atom. The van der Waals surface area contributed by atoms with E-state index in [1.54, 1.807) is 12.1 Å². The summed E-state index contributed by atoms with van der Waals surface area (Å²) in [6.07, 6.45) is 0.605. The van der Waals surface area contributed by atoms with E-state index in [-0.39, 0.29) is 12.1 Å². The Kier molecular flexibility index (Phi) is 6.25. The summed E-state index contributed by atoms with van der Waals surface area (Å²) >= 11 is 12.1. The van der Waals surface area contributed by atoms with E-state index in [1.807, 2.05) is 13.8 Å². The molecule has 6 heteroatoms. The molecule has 0 atom stereocenters. The minimum absolute atomic E-state index is 0.110. The number of benzene rings is 1. The lowest BCUT2D eigenvalue weighted by atomic mass is 10.1. The minimum atomic E-state index is -0.189. The summed E-state index contributed by atoms with van der Waals surface area (Å²) < 4.78 is 5.07. The van der Waals surface area contributed by atoms with Crippen molar-refractivity contribution in [3.63, 3.8) is 0 Å². The zero-order valence-corrected chi connectivity index (χ0v) is 12.7. The normalized spacial score (nSPS) is 10.4. The van der Waals surface area contributed by atoms with Crippen molar-refractivity contribution in [2.24, 2.45) is 0 Å². The summed E-state index contributed by atoms with van der Waals surface area (Å²) in [4.78, 5) is 11.4. The van der Waals surface area contributed by atoms with Crippen LogP contribution >= 0.6 is 23.2 Å². The second-order valence-corrected chi connectivity index (χ2v) is 5.20. The Morgan fingerprint density at radius 3 is 2.58 bits per heavy atom. The molecule has 0 heterocycles. The molecule has 0 aromatic heterocycles. The van der Waals surface area contributed by atoms with Gasteiger partial charge in [0, 0.05) is 23.7 Å². The van der Waals surface area contributed by atoms with Gasteiger partial charge in [0.15, 0.2) is 0 Å². The number of carbonyl (C=O) groups excluding carboxylic acids is 1. The Bertz CT molecular complexity index is 451. The number of methoxy groups -OCH3 is 1. The van der Waals surface area contributed by atoms with Crippen molar-refractivity contribution in [3.8, 4) is 5.75 Å². The zero-order valence-electron chi connectivity index (χ0n) is 11.2. The third kappa shape index (κ3) is 5.17. The van der Waals surface area contributed by atoms with Gasteiger partial charge in [-0.05, 0) is 31.9 Å². The average Bonchev–Trinajstić information content (AvgIpc) is 2.32. The van der Waals surface area contributed by atoms with Gasteiger partial charge in [0.1, 0.15) is 5.75 Å². The molecule has 1 aromatic carbocycles. The van der Waals surface area contributed by atoms with Gasteiger partial charge in [-0.25, -0.2) is 4.79 Å². The molecule has 0 fully saturated rings. The maximum absolute atomic E-state index is 11.4. The van der Waals surface area contributed by atoms with Crippen LogP contribution in [0.15, 0.2) is 12.1 Å². The maximum atomic E-state index is 11.4. The first-order valence-electron chi connectivity index (χ1n) is 6.00. The van der Waals surface area contributed by atoms with Gasteiger partial charge in [-0.15, -0.1) is 0 Å². The summed E-state index contributed by atoms with van der Waals surface area (Å²) in [5.74, 6) is 0.543. The van der Waals surface area contributed by atoms with Crippen molar-refractivity contribution >= 4 is 29.2 Å². The largest absolute Gasteiger partial charge is 0.495 e. The fourth-order valence-electron chi connectivity index (χ4n) is 1.54. The maximum Gasteiger partial charge on any atom is 0.314 e. The molecule has 1 rings (SSSR count). The molecule has 2 amide bonds. The second kappa shape index (κ2) is 7.46. The highest BCUT2D eigenvalue weighted by atomic mass is 35.5. The molecular weight excluding hydrogens is 287 g/mol. The lowest BCUT2D eigenvalue weighted by Crippen LogP contribution is -2.40. The van der Waals surface area contributed by atoms with Crippen LogP contribution in [0.2, 0.25) is 10.0 Å². The van der Waals surface area contributed by atoms with E-state index in [0.717, 1.165) is 5.56 Å². The predicted octanol–water partition coefficient (Wildman–Crippen LogP) is 3.25. The molecule has 2 N–H and O–H groups in total. The number of ether oxygens (including phenoxy) is 1. The number of carbonyl (C=O) groups is 1. The predicted molar refractivity (Wildman–Crippen MR) is 78.4 cm³/mol. The van der Waals surface area contributed by atoms with Gasteiger partial charge in [0.2, 0.25) is 0 Å². The van der Waals surface area contributed by atoms with E-state index in [1.165, 1.54) is 7.11 Å². The van der Waals surface area contributed by atoms with Crippen molar-refractivity contribution < 1.29 is 9.53 Å². The number of hydrogen-bond donors (Lipinski definition) is 2. The summed E-state index contributed by atoms with van der Waals surface area (Å²) in [6.45, 7) is 4.29. The standard InChI is InChI=1S/C13H18Cl2N2O2/c1-8(2)17-13(18)16-5-4-9-6-11(15)12(19-3)7-10(9)14/h6-8H,4-5H2,1-3H3,(H2,16,17,18). The molecule has 19 heavy (non-hydrogen) atoms. The van der Waals surface area contributed by atoms with Gasteiger partial charge < -0.3 is 15.4 Å². The molecule has 4 nitrogen and oxygen atoms in total. The fourth-order valence-corrected chi connectivity index (χ4v) is 2.05. The van der Waals surface area contributed by atoms with Crippen LogP contribution in [0.1, 0.15) is 19.4 Å². The highest BCUT2D eigenvalue weighted by molar-refractivity contribution is 6.34. The Hall–Kier alpha value is -1.13. The zero-order chi connectivity index (χ0) is 14.4. The third-order valence-electron chi connectivity index (χ3n) is 2.42. The molecule has 0 aliphatic carbocycles. The van der Waals surface area contributed by atoms with E-state index in [0.29, 0.717) is 28.8 Å². The van der Waals surface area contributed by atoms with Crippen molar-refractivity contribution in [1.82, 2.24) is 10.6 Å². The Balaban J connectivity index is 2.54. The number of halogens is 2. The van der Waals surface area contributed by atoms with Gasteiger partial charge in [0.25, 0.3) is 0 Å². The van der Waals surface area contributed by atoms with Crippen molar-refractivity contribution in [1.29, 1.82) is 0 Å². The van der Waals surface area contributed by atoms with Crippen LogP contribution in [-0.2, 0) is 6.42 Å². The highest BCUT2D eigenvalue weighted by Crippen LogP contribution is 2.30. The number of nitrogens with one attached hydrogen (secondary N) is 2. The number of amides is 2. The van der Waals surface area contributed by atoms with E-state index in [4.69, 9.17) is 27.9 Å². The van der Waals surface area contributed by atoms with E-state index >= 15 is 0 Å². The molecule has 0 saturated carbocycles. The Labute approximate surface area is 123 Å². The molecular formula is C13H18Cl2N2O2. The Morgan fingerprint density at radius 2 is 2.00 bits per heavy atom. The van der Waals surface area contributed by atoms with E-state index in [2.05, 4.69) is 10.6 Å². The lowest BCUT2D eigenvalue weighted by Gasteiger charge is -2.11. The number of rotatable bonds is 5. The topological polar surface area (TPSA) is 50.4 Å². The summed E-state index contributed by atoms with van der Waals surface area (Å²) in [5, 5.41) is 6.58. The van der Waals surface area contributed by atoms with Crippen LogP contribution in [0.25, 0.3) is 0 Å². The van der Waals surface area contributed by atoms with Crippen molar-refractivity contribution in [3.05, 3.63) is 27.7 Å². The van der Waals surface area contributed by atoms with E-state index in [9.17, 15) is 4.79 Å². The first-order chi connectivity index (χ1) is 8.93. The molecule has 106 valence electrons. The summed E-state index contributed by atoms with van der Waals surface area (Å²) in [7, 11) is 1.54. The smallest absolute Gasteiger partial charge is 0.314 e. The SMILES string of the molecule is COc1cc(Cl)c(CCNC(=O)NC(C)C)cc1Cl. The molecule has 0 aliphatic heterocycles. The lowest BCUT2D eigenvalue weighted by molar-refractivity contribution is 0.238. The van der Waals surface area contributed by atoms with Crippen LogP contribution in [-0.4, -0.2) is 25.7 Å². The first kappa shape index (κ1) is 15.9. The minimum Gasteiger partial charge on any atom is -0.495 e. The van der Waals surface area contributed by atoms with Crippen LogP contribution in [0, 0.1) is 0 Å². The molecule has 0 spiro atoms. The summed E-state index contributed by atoms with van der Waals surface area (Å²) in [5.41, 5.74) is 0.873. The van der Waals surface area contributed by atoms with Gasteiger partial charge in [-0.2, -0.15) is 0 Å². The quantitative estimate of drug-likeness (QED) is 0.877. The molecule has 0 aliphatic rings. The molecule has 0 bridgehead atoms. The van der Waals surface area contributed by atoms with E-state index < -0.39 is 0 Å². The van der Waals surface area contributed by atoms with Crippen LogP contribution < -0.4 is 15.4 Å². The first-order valence-corrected chi connectivity index (χ1v) is 6.76. The van der Waals surface area contributed by atoms with Gasteiger partial charge in [0.05, 0.1) is 12.1 Å². The van der Waals surface area contributed by atoms with Crippen molar-refractivity contribution in [2.75, 3.05) is 13.7 Å². The fraction of sp³-hybridized carbons (Fsp3) is 0.462. The average molecular weight is 305 g/mol. The van der Waals surface area contributed by atoms with Crippen LogP contribution in [0.5, 0.6) is 5.75 Å². The van der Waals surface area contributed by atoms with Gasteiger partial charge in [-0.1, -0.05) is 23.2 Å². The molecule has 1 aromatic rings. The monoisotopic (exact) mass is 304 g/mol. The molecule has 0 saturated heterocycles. The second-order valence-electron chi connectivity index (χ2n) is 4.38. The van der Waals surface area contributed by atoms with Gasteiger partial charge >= 0.3 is 6.03 Å². The third-order valence-corrected chi connectivity index (χ3v) is 3.07. The number of urea groups is 1. The molecule has 0 radical (unpaired) electrons. The van der Waals surface area contributed by atoms with Gasteiger partial charge in [-0.3, -0.25) is 0 Å². The van der Waals surface area contributed by atoms with Crippen LogP contribution in [0.4, 0.5) is 4.79 Å². The van der Waals surface area contributed by atoms with Crippen molar-refractivity contribution in [2.45, 2.75) is 26.3 Å². The number of hydrogen-bond acceptors (Lipinski definition) is 2. The highest BCUT2D eigenvalue weighted by Gasteiger charge is 2.08. The summed E-state index contributed by atoms with van der Waals surface area (Å²) in [6, 6.07) is 3.35. The molecule has 0 unspecified atom stereocenters.